The normalized spacial score (nSPS) is 12.1. The van der Waals surface area contributed by atoms with Gasteiger partial charge in [-0.25, -0.2) is 9.59 Å². The molecule has 0 fully saturated rings. The van der Waals surface area contributed by atoms with Crippen molar-refractivity contribution < 1.29 is 14.3 Å². The first-order chi connectivity index (χ1) is 6.74. The number of rotatable bonds is 6. The molecule has 0 heterocycles. The smallest absolute Gasteiger partial charge is 0.332 e. The number of carbonyl (C=O) groups excluding carboxylic acids is 2. The van der Waals surface area contributed by atoms with Crippen LogP contribution < -0.4 is 0 Å². The molecule has 14 heavy (non-hydrogen) atoms. The van der Waals surface area contributed by atoms with Crippen LogP contribution >= 0.6 is 0 Å². The summed E-state index contributed by atoms with van der Waals surface area (Å²) in [5.41, 5.74) is 0. The van der Waals surface area contributed by atoms with Crippen molar-refractivity contribution in [2.24, 2.45) is 4.99 Å². The molecular formula is C10H15NO3. The van der Waals surface area contributed by atoms with Crippen molar-refractivity contribution >= 4 is 12.0 Å². The first-order valence-electron chi connectivity index (χ1n) is 4.64. The van der Waals surface area contributed by atoms with E-state index in [1.807, 2.05) is 6.92 Å². The average molecular weight is 197 g/mol. The van der Waals surface area contributed by atoms with Crippen molar-refractivity contribution in [3.05, 3.63) is 12.2 Å². The zero-order valence-electron chi connectivity index (χ0n) is 8.53. The molecule has 4 nitrogen and oxygen atoms in total. The lowest BCUT2D eigenvalue weighted by molar-refractivity contribution is -0.142. The Morgan fingerprint density at radius 2 is 2.36 bits per heavy atom. The fourth-order valence-corrected chi connectivity index (χ4v) is 0.897. The van der Waals surface area contributed by atoms with Crippen molar-refractivity contribution in [1.82, 2.24) is 0 Å². The molecule has 78 valence electrons. The van der Waals surface area contributed by atoms with Crippen molar-refractivity contribution in [1.29, 1.82) is 0 Å². The molecule has 0 saturated heterocycles. The van der Waals surface area contributed by atoms with Gasteiger partial charge in [-0.05, 0) is 13.3 Å². The number of unbranched alkanes of at least 4 members (excludes halogenated alkanes) is 1. The quantitative estimate of drug-likeness (QED) is 0.283. The third-order valence-electron chi connectivity index (χ3n) is 1.56. The molecule has 0 spiro atoms. The van der Waals surface area contributed by atoms with Crippen molar-refractivity contribution in [3.63, 3.8) is 0 Å². The molecule has 0 N–H and O–H groups in total. The van der Waals surface area contributed by atoms with Gasteiger partial charge < -0.3 is 4.74 Å². The summed E-state index contributed by atoms with van der Waals surface area (Å²) < 4.78 is 4.88. The van der Waals surface area contributed by atoms with Gasteiger partial charge in [0.05, 0.1) is 0 Å². The molecule has 4 heteroatoms. The van der Waals surface area contributed by atoms with Crippen LogP contribution in [0.25, 0.3) is 0 Å². The van der Waals surface area contributed by atoms with Crippen LogP contribution in [0.2, 0.25) is 0 Å². The number of ether oxygens (including phenoxy) is 1. The molecule has 0 aliphatic carbocycles. The first-order valence-corrected chi connectivity index (χ1v) is 4.64. The zero-order valence-corrected chi connectivity index (χ0v) is 8.53. The molecule has 0 rings (SSSR count). The topological polar surface area (TPSA) is 55.7 Å². The van der Waals surface area contributed by atoms with Crippen LogP contribution in [0, 0.1) is 0 Å². The Morgan fingerprint density at radius 3 is 2.86 bits per heavy atom. The summed E-state index contributed by atoms with van der Waals surface area (Å²) in [6.45, 7) is 3.72. The first kappa shape index (κ1) is 12.6. The van der Waals surface area contributed by atoms with Crippen molar-refractivity contribution in [2.45, 2.75) is 39.3 Å². The highest BCUT2D eigenvalue weighted by atomic mass is 16.6. The molecule has 0 radical (unpaired) electrons. The van der Waals surface area contributed by atoms with Crippen LogP contribution in [-0.4, -0.2) is 18.3 Å². The van der Waals surface area contributed by atoms with E-state index in [2.05, 4.69) is 4.99 Å². The van der Waals surface area contributed by atoms with Crippen LogP contribution in [0.4, 0.5) is 0 Å². The molecule has 1 atom stereocenters. The summed E-state index contributed by atoms with van der Waals surface area (Å²) in [6, 6.07) is 0. The standard InChI is InChI=1S/C10H15NO3/c1-3-5-7-9(11-8-12)14-10(13)6-4-2/h4,6,9H,3,5,7H2,1-2H3. The summed E-state index contributed by atoms with van der Waals surface area (Å²) in [5.74, 6) is -0.479. The van der Waals surface area contributed by atoms with E-state index in [1.54, 1.807) is 13.0 Å². The zero-order chi connectivity index (χ0) is 10.8. The molecule has 0 aliphatic rings. The van der Waals surface area contributed by atoms with Gasteiger partial charge >= 0.3 is 5.97 Å². The Labute approximate surface area is 83.7 Å². The Balaban J connectivity index is 4.07. The molecular weight excluding hydrogens is 182 g/mol. The van der Waals surface area contributed by atoms with Gasteiger partial charge in [0.1, 0.15) is 0 Å². The Kier molecular flexibility index (Phi) is 7.37. The minimum Gasteiger partial charge on any atom is -0.436 e. The van der Waals surface area contributed by atoms with Gasteiger partial charge in [0.2, 0.25) is 12.3 Å². The second-order valence-electron chi connectivity index (χ2n) is 2.75. The monoisotopic (exact) mass is 197 g/mol. The van der Waals surface area contributed by atoms with E-state index in [0.29, 0.717) is 6.42 Å². The molecule has 0 aliphatic heterocycles. The molecule has 0 aromatic rings. The van der Waals surface area contributed by atoms with E-state index in [0.717, 1.165) is 12.8 Å². The van der Waals surface area contributed by atoms with Crippen LogP contribution in [0.5, 0.6) is 0 Å². The fraction of sp³-hybridized carbons (Fsp3) is 0.600. The van der Waals surface area contributed by atoms with Crippen molar-refractivity contribution in [3.8, 4) is 0 Å². The number of hydrogen-bond donors (Lipinski definition) is 0. The SMILES string of the molecule is CC=CC(=O)OC(CCCC)N=C=O. The van der Waals surface area contributed by atoms with Crippen LogP contribution in [0.1, 0.15) is 33.1 Å². The lowest BCUT2D eigenvalue weighted by Crippen LogP contribution is -2.14. The summed E-state index contributed by atoms with van der Waals surface area (Å²) in [4.78, 5) is 24.4. The van der Waals surface area contributed by atoms with Gasteiger partial charge in [0.15, 0.2) is 0 Å². The Morgan fingerprint density at radius 1 is 1.64 bits per heavy atom. The van der Waals surface area contributed by atoms with Crippen LogP contribution in [-0.2, 0) is 14.3 Å². The molecule has 0 bridgehead atoms. The van der Waals surface area contributed by atoms with Crippen LogP contribution in [0.15, 0.2) is 17.1 Å². The number of nitrogens with zero attached hydrogens (tertiary/aromatic N) is 1. The number of isocyanates is 1. The predicted molar refractivity (Wildman–Crippen MR) is 52.3 cm³/mol. The largest absolute Gasteiger partial charge is 0.436 e. The lowest BCUT2D eigenvalue weighted by Gasteiger charge is -2.09. The lowest BCUT2D eigenvalue weighted by atomic mass is 10.2. The predicted octanol–water partition coefficient (Wildman–Crippen LogP) is 1.96. The molecule has 0 aromatic heterocycles. The number of esters is 1. The number of allylic oxidation sites excluding steroid dienone is 1. The Bertz CT molecular complexity index is 242. The van der Waals surface area contributed by atoms with Gasteiger partial charge in [-0.15, -0.1) is 0 Å². The third kappa shape index (κ3) is 6.14. The summed E-state index contributed by atoms with van der Waals surface area (Å²) in [7, 11) is 0. The van der Waals surface area contributed by atoms with E-state index in [4.69, 9.17) is 4.74 Å². The summed E-state index contributed by atoms with van der Waals surface area (Å²) in [5, 5.41) is 0. The van der Waals surface area contributed by atoms with E-state index < -0.39 is 12.2 Å². The molecule has 0 aromatic carbocycles. The molecule has 1 unspecified atom stereocenters. The van der Waals surface area contributed by atoms with Gasteiger partial charge in [0, 0.05) is 12.5 Å². The van der Waals surface area contributed by atoms with E-state index in [1.165, 1.54) is 12.2 Å². The highest BCUT2D eigenvalue weighted by Crippen LogP contribution is 2.06. The van der Waals surface area contributed by atoms with E-state index >= 15 is 0 Å². The average Bonchev–Trinajstić information content (AvgIpc) is 2.15. The Hall–Kier alpha value is -1.41. The second-order valence-corrected chi connectivity index (χ2v) is 2.75. The minimum absolute atomic E-state index is 0.479. The van der Waals surface area contributed by atoms with Gasteiger partial charge in [0.25, 0.3) is 0 Å². The number of hydrogen-bond acceptors (Lipinski definition) is 4. The molecule has 0 saturated carbocycles. The summed E-state index contributed by atoms with van der Waals surface area (Å²) in [6.07, 6.45) is 5.97. The second kappa shape index (κ2) is 8.20. The van der Waals surface area contributed by atoms with Crippen molar-refractivity contribution in [2.75, 3.05) is 0 Å². The van der Waals surface area contributed by atoms with E-state index in [9.17, 15) is 9.59 Å². The summed E-state index contributed by atoms with van der Waals surface area (Å²) >= 11 is 0. The van der Waals surface area contributed by atoms with Crippen LogP contribution in [0.3, 0.4) is 0 Å². The van der Waals surface area contributed by atoms with Gasteiger partial charge in [-0.3, -0.25) is 0 Å². The highest BCUT2D eigenvalue weighted by molar-refractivity contribution is 5.81. The maximum Gasteiger partial charge on any atom is 0.332 e. The third-order valence-corrected chi connectivity index (χ3v) is 1.56. The van der Waals surface area contributed by atoms with Gasteiger partial charge in [-0.1, -0.05) is 19.4 Å². The maximum atomic E-state index is 11.0. The number of aliphatic imine (C=N–C) groups is 1. The van der Waals surface area contributed by atoms with Gasteiger partial charge in [-0.2, -0.15) is 4.99 Å². The van der Waals surface area contributed by atoms with E-state index in [-0.39, 0.29) is 0 Å². The minimum atomic E-state index is -0.684. The molecule has 0 amide bonds. The highest BCUT2D eigenvalue weighted by Gasteiger charge is 2.09. The maximum absolute atomic E-state index is 11.0. The fourth-order valence-electron chi connectivity index (χ4n) is 0.897. The number of carbonyl (C=O) groups is 1.